The van der Waals surface area contributed by atoms with E-state index in [1.54, 1.807) is 0 Å². The molecule has 2 aromatic rings. The minimum absolute atomic E-state index is 0.402. The fraction of sp³-hybridized carbons (Fsp3) is 0.0769. The zero-order chi connectivity index (χ0) is 12.6. The molecule has 0 nitrogen and oxygen atoms in total. The van der Waals surface area contributed by atoms with Crippen LogP contribution in [0.4, 0.5) is 0 Å². The van der Waals surface area contributed by atoms with Crippen LogP contribution in [0.3, 0.4) is 0 Å². The van der Waals surface area contributed by atoms with Crippen molar-refractivity contribution in [1.82, 2.24) is 0 Å². The summed E-state index contributed by atoms with van der Waals surface area (Å²) in [6.07, 6.45) is 0. The first-order valence-corrected chi connectivity index (χ1v) is 7.11. The number of aryl methyl sites for hydroxylation is 1. The van der Waals surface area contributed by atoms with Gasteiger partial charge in [0.2, 0.25) is 0 Å². The molecule has 0 radical (unpaired) electrons. The monoisotopic (exact) mass is 396 g/mol. The van der Waals surface area contributed by atoms with Gasteiger partial charge in [-0.2, -0.15) is 0 Å². The molecule has 17 heavy (non-hydrogen) atoms. The highest BCUT2D eigenvalue weighted by Crippen LogP contribution is 2.35. The van der Waals surface area contributed by atoms with Gasteiger partial charge in [0.1, 0.15) is 0 Å². The quantitative estimate of drug-likeness (QED) is 0.395. The van der Waals surface area contributed by atoms with Crippen LogP contribution in [-0.2, 0) is 0 Å². The summed E-state index contributed by atoms with van der Waals surface area (Å²) in [6.45, 7) is 2.06. The summed E-state index contributed by atoms with van der Waals surface area (Å²) < 4.78 is 1.18. The van der Waals surface area contributed by atoms with E-state index in [1.165, 1.54) is 9.13 Å². The number of rotatable bonds is 1. The van der Waals surface area contributed by atoms with Crippen molar-refractivity contribution in [2.45, 2.75) is 6.92 Å². The zero-order valence-corrected chi connectivity index (χ0v) is 13.3. The molecule has 0 saturated heterocycles. The van der Waals surface area contributed by atoms with Gasteiger partial charge in [0.05, 0.1) is 15.1 Å². The molecule has 0 aliphatic carbocycles. The maximum absolute atomic E-state index is 6.03. The van der Waals surface area contributed by atoms with Gasteiger partial charge >= 0.3 is 0 Å². The molecule has 0 unspecified atom stereocenters. The van der Waals surface area contributed by atoms with Crippen molar-refractivity contribution in [3.63, 3.8) is 0 Å². The molecule has 0 amide bonds. The fourth-order valence-corrected chi connectivity index (χ4v) is 3.05. The van der Waals surface area contributed by atoms with Crippen molar-refractivity contribution >= 4 is 57.4 Å². The summed E-state index contributed by atoms with van der Waals surface area (Å²) in [5.74, 6) is 0. The second kappa shape index (κ2) is 5.35. The van der Waals surface area contributed by atoms with E-state index < -0.39 is 0 Å². The Morgan fingerprint density at radius 3 is 1.88 bits per heavy atom. The summed E-state index contributed by atoms with van der Waals surface area (Å²) in [5, 5.41) is 1.36. The van der Waals surface area contributed by atoms with Crippen LogP contribution in [0.1, 0.15) is 5.56 Å². The van der Waals surface area contributed by atoms with Gasteiger partial charge in [-0.3, -0.25) is 0 Å². The minimum atomic E-state index is 0.402. The normalized spacial score (nSPS) is 10.6. The Balaban J connectivity index is 2.60. The lowest BCUT2D eigenvalue weighted by molar-refractivity contribution is 1.44. The summed E-state index contributed by atoms with van der Waals surface area (Å²) in [5.41, 5.74) is 3.27. The van der Waals surface area contributed by atoms with E-state index in [2.05, 4.69) is 47.7 Å². The molecule has 0 aliphatic rings. The zero-order valence-electron chi connectivity index (χ0n) is 8.90. The van der Waals surface area contributed by atoms with Crippen LogP contribution in [0.5, 0.6) is 0 Å². The van der Waals surface area contributed by atoms with E-state index >= 15 is 0 Å². The SMILES string of the molecule is Cc1cc(I)cc(-c2cc(Cl)c(Cl)c(Cl)c2)c1. The first-order valence-electron chi connectivity index (χ1n) is 4.89. The van der Waals surface area contributed by atoms with Gasteiger partial charge in [0.15, 0.2) is 0 Å². The Morgan fingerprint density at radius 1 is 0.824 bits per heavy atom. The molecule has 0 bridgehead atoms. The second-order valence-electron chi connectivity index (χ2n) is 3.77. The van der Waals surface area contributed by atoms with Crippen LogP contribution >= 0.6 is 57.4 Å². The average molecular weight is 397 g/mol. The third-order valence-corrected chi connectivity index (χ3v) is 4.18. The number of benzene rings is 2. The Bertz CT molecular complexity index is 536. The Labute approximate surface area is 129 Å². The predicted molar refractivity (Wildman–Crippen MR) is 84.4 cm³/mol. The molecule has 0 atom stereocenters. The van der Waals surface area contributed by atoms with E-state index in [9.17, 15) is 0 Å². The van der Waals surface area contributed by atoms with Gasteiger partial charge < -0.3 is 0 Å². The lowest BCUT2D eigenvalue weighted by Crippen LogP contribution is -1.84. The van der Waals surface area contributed by atoms with Crippen molar-refractivity contribution < 1.29 is 0 Å². The largest absolute Gasteiger partial charge is 0.0826 e. The van der Waals surface area contributed by atoms with Crippen molar-refractivity contribution in [3.8, 4) is 11.1 Å². The molecule has 0 spiro atoms. The van der Waals surface area contributed by atoms with E-state index in [0.29, 0.717) is 15.1 Å². The smallest absolute Gasteiger partial charge is 0.0778 e. The summed E-state index contributed by atoms with van der Waals surface area (Å²) in [6, 6.07) is 9.96. The molecule has 2 rings (SSSR count). The van der Waals surface area contributed by atoms with Gasteiger partial charge in [0.25, 0.3) is 0 Å². The highest BCUT2D eigenvalue weighted by molar-refractivity contribution is 14.1. The van der Waals surface area contributed by atoms with Crippen molar-refractivity contribution in [2.24, 2.45) is 0 Å². The lowest BCUT2D eigenvalue weighted by Gasteiger charge is -2.07. The van der Waals surface area contributed by atoms with Gasteiger partial charge in [-0.15, -0.1) is 0 Å². The van der Waals surface area contributed by atoms with E-state index in [-0.39, 0.29) is 0 Å². The molecular weight excluding hydrogens is 389 g/mol. The van der Waals surface area contributed by atoms with Crippen LogP contribution in [0, 0.1) is 10.5 Å². The highest BCUT2D eigenvalue weighted by atomic mass is 127. The third kappa shape index (κ3) is 3.08. The Morgan fingerprint density at radius 2 is 1.35 bits per heavy atom. The number of hydrogen-bond acceptors (Lipinski definition) is 0. The van der Waals surface area contributed by atoms with E-state index in [4.69, 9.17) is 34.8 Å². The lowest BCUT2D eigenvalue weighted by atomic mass is 10.0. The van der Waals surface area contributed by atoms with Gasteiger partial charge in [0, 0.05) is 3.57 Å². The molecule has 4 heteroatoms. The first kappa shape index (κ1) is 13.5. The standard InChI is InChI=1S/C13H8Cl3I/c1-7-2-8(4-10(17)3-7)9-5-11(14)13(16)12(15)6-9/h2-6H,1H3. The van der Waals surface area contributed by atoms with Crippen molar-refractivity contribution in [3.05, 3.63) is 54.5 Å². The molecule has 2 aromatic carbocycles. The molecule has 0 N–H and O–H groups in total. The van der Waals surface area contributed by atoms with Gasteiger partial charge in [-0.05, 0) is 70.5 Å². The molecule has 0 aliphatic heterocycles. The second-order valence-corrected chi connectivity index (χ2v) is 6.21. The predicted octanol–water partition coefficient (Wildman–Crippen LogP) is 6.23. The number of hydrogen-bond donors (Lipinski definition) is 0. The molecule has 88 valence electrons. The maximum atomic E-state index is 6.03. The minimum Gasteiger partial charge on any atom is -0.0826 e. The summed E-state index contributed by atoms with van der Waals surface area (Å²) in [7, 11) is 0. The highest BCUT2D eigenvalue weighted by Gasteiger charge is 2.08. The summed E-state index contributed by atoms with van der Waals surface area (Å²) >= 11 is 20.3. The van der Waals surface area contributed by atoms with E-state index in [0.717, 1.165) is 11.1 Å². The average Bonchev–Trinajstić information content (AvgIpc) is 2.23. The molecule has 0 fully saturated rings. The molecule has 0 aromatic heterocycles. The topological polar surface area (TPSA) is 0 Å². The summed E-state index contributed by atoms with van der Waals surface area (Å²) in [4.78, 5) is 0. The van der Waals surface area contributed by atoms with Crippen molar-refractivity contribution in [1.29, 1.82) is 0 Å². The Kier molecular flexibility index (Phi) is 4.24. The molecular formula is C13H8Cl3I. The van der Waals surface area contributed by atoms with Crippen LogP contribution in [0.15, 0.2) is 30.3 Å². The third-order valence-electron chi connectivity index (χ3n) is 2.36. The Hall–Kier alpha value is 0.0400. The first-order chi connectivity index (χ1) is 7.97. The van der Waals surface area contributed by atoms with Crippen LogP contribution in [0.2, 0.25) is 15.1 Å². The number of halogens is 4. The molecule has 0 saturated carbocycles. The van der Waals surface area contributed by atoms with Crippen LogP contribution < -0.4 is 0 Å². The maximum Gasteiger partial charge on any atom is 0.0778 e. The molecule has 0 heterocycles. The van der Waals surface area contributed by atoms with Crippen LogP contribution in [0.25, 0.3) is 11.1 Å². The fourth-order valence-electron chi connectivity index (χ4n) is 1.63. The van der Waals surface area contributed by atoms with Gasteiger partial charge in [-0.1, -0.05) is 40.9 Å². The van der Waals surface area contributed by atoms with E-state index in [1.807, 2.05) is 12.1 Å². The van der Waals surface area contributed by atoms with Crippen LogP contribution in [-0.4, -0.2) is 0 Å². The van der Waals surface area contributed by atoms with Gasteiger partial charge in [-0.25, -0.2) is 0 Å². The van der Waals surface area contributed by atoms with Crippen molar-refractivity contribution in [2.75, 3.05) is 0 Å².